The third kappa shape index (κ3) is 3.76. The van der Waals surface area contributed by atoms with Crippen LogP contribution in [-0.2, 0) is 0 Å². The minimum Gasteiger partial charge on any atom is -0.381 e. The molecule has 0 spiro atoms. The zero-order valence-electron chi connectivity index (χ0n) is 4.72. The topological polar surface area (TPSA) is 23.5 Å². The molecule has 0 aliphatic heterocycles. The summed E-state index contributed by atoms with van der Waals surface area (Å²) in [5.41, 5.74) is 0. The highest BCUT2D eigenvalue weighted by Gasteiger charge is 1.87. The van der Waals surface area contributed by atoms with Gasteiger partial charge < -0.3 is 5.11 Å². The molecule has 0 rings (SSSR count). The van der Waals surface area contributed by atoms with Crippen molar-refractivity contribution in [2.75, 3.05) is 20.3 Å². The van der Waals surface area contributed by atoms with E-state index in [1.165, 1.54) is 0 Å². The summed E-state index contributed by atoms with van der Waals surface area (Å²) in [4.78, 5) is 1.80. The molecule has 0 unspecified atom stereocenters. The van der Waals surface area contributed by atoms with Gasteiger partial charge in [0.05, 0.1) is 6.73 Å². The standard InChI is InChI=1S/C5H12NO/c1-3-4-6(2)5-7/h7H,1,3-5H2,2H3. The van der Waals surface area contributed by atoms with E-state index < -0.39 is 0 Å². The molecule has 0 aromatic rings. The van der Waals surface area contributed by atoms with Crippen molar-refractivity contribution in [3.8, 4) is 0 Å². The first-order valence-electron chi connectivity index (χ1n) is 2.40. The lowest BCUT2D eigenvalue weighted by molar-refractivity contribution is 0.134. The molecule has 0 aromatic heterocycles. The summed E-state index contributed by atoms with van der Waals surface area (Å²) in [6, 6.07) is 0. The Bertz CT molecular complexity index is 39.1. The maximum atomic E-state index is 8.36. The van der Waals surface area contributed by atoms with Gasteiger partial charge in [-0.25, -0.2) is 0 Å². The smallest absolute Gasteiger partial charge is 0.0954 e. The molecule has 43 valence electrons. The second kappa shape index (κ2) is 4.09. The summed E-state index contributed by atoms with van der Waals surface area (Å²) in [5.74, 6) is 0. The fourth-order valence-electron chi connectivity index (χ4n) is 0.341. The molecule has 0 aliphatic carbocycles. The summed E-state index contributed by atoms with van der Waals surface area (Å²) < 4.78 is 0. The van der Waals surface area contributed by atoms with Crippen molar-refractivity contribution in [3.05, 3.63) is 6.92 Å². The molecule has 0 atom stereocenters. The van der Waals surface area contributed by atoms with Crippen LogP contribution in [0.25, 0.3) is 0 Å². The van der Waals surface area contributed by atoms with Crippen LogP contribution in [0.5, 0.6) is 0 Å². The maximum Gasteiger partial charge on any atom is 0.0954 e. The highest BCUT2D eigenvalue weighted by molar-refractivity contribution is 4.44. The van der Waals surface area contributed by atoms with E-state index in [0.29, 0.717) is 0 Å². The summed E-state index contributed by atoms with van der Waals surface area (Å²) in [6.07, 6.45) is 0.858. The third-order valence-electron chi connectivity index (χ3n) is 0.781. The quantitative estimate of drug-likeness (QED) is 0.510. The maximum absolute atomic E-state index is 8.36. The van der Waals surface area contributed by atoms with Crippen molar-refractivity contribution in [2.45, 2.75) is 6.42 Å². The Kier molecular flexibility index (Phi) is 4.04. The Morgan fingerprint density at radius 3 is 2.43 bits per heavy atom. The Morgan fingerprint density at radius 2 is 2.29 bits per heavy atom. The van der Waals surface area contributed by atoms with Gasteiger partial charge in [-0.15, -0.1) is 0 Å². The number of aliphatic hydroxyl groups excluding tert-OH is 1. The third-order valence-corrected chi connectivity index (χ3v) is 0.781. The highest BCUT2D eigenvalue weighted by atomic mass is 16.3. The number of hydrogen-bond donors (Lipinski definition) is 1. The average molecular weight is 102 g/mol. The van der Waals surface area contributed by atoms with Crippen LogP contribution >= 0.6 is 0 Å². The minimum atomic E-state index is 0.134. The van der Waals surface area contributed by atoms with Crippen LogP contribution in [0.1, 0.15) is 6.42 Å². The van der Waals surface area contributed by atoms with E-state index in [0.717, 1.165) is 13.0 Å². The van der Waals surface area contributed by atoms with Gasteiger partial charge in [0.25, 0.3) is 0 Å². The number of aliphatic hydroxyl groups is 1. The van der Waals surface area contributed by atoms with E-state index in [-0.39, 0.29) is 6.73 Å². The molecular formula is C5H12NO. The normalized spacial score (nSPS) is 10.3. The van der Waals surface area contributed by atoms with Crippen molar-refractivity contribution in [3.63, 3.8) is 0 Å². The van der Waals surface area contributed by atoms with Crippen LogP contribution in [-0.4, -0.2) is 30.3 Å². The molecule has 0 saturated carbocycles. The molecule has 1 N–H and O–H groups in total. The van der Waals surface area contributed by atoms with Crippen LogP contribution in [0.15, 0.2) is 0 Å². The van der Waals surface area contributed by atoms with Crippen molar-refractivity contribution in [1.82, 2.24) is 4.90 Å². The first kappa shape index (κ1) is 6.92. The van der Waals surface area contributed by atoms with Gasteiger partial charge in [0.2, 0.25) is 0 Å². The molecule has 2 heteroatoms. The molecule has 0 bridgehead atoms. The van der Waals surface area contributed by atoms with Gasteiger partial charge in [0.1, 0.15) is 0 Å². The lowest BCUT2D eigenvalue weighted by Gasteiger charge is -2.09. The first-order chi connectivity index (χ1) is 3.31. The fourth-order valence-corrected chi connectivity index (χ4v) is 0.341. The predicted octanol–water partition coefficient (Wildman–Crippen LogP) is 0.0922. The molecule has 2 nitrogen and oxygen atoms in total. The van der Waals surface area contributed by atoms with Gasteiger partial charge in [0.15, 0.2) is 0 Å². The van der Waals surface area contributed by atoms with E-state index in [9.17, 15) is 0 Å². The van der Waals surface area contributed by atoms with Crippen LogP contribution < -0.4 is 0 Å². The molecule has 7 heavy (non-hydrogen) atoms. The molecule has 0 amide bonds. The summed E-state index contributed by atoms with van der Waals surface area (Å²) in [5, 5.41) is 8.36. The number of hydrogen-bond acceptors (Lipinski definition) is 2. The van der Waals surface area contributed by atoms with Crippen molar-refractivity contribution < 1.29 is 5.11 Å². The van der Waals surface area contributed by atoms with E-state index in [1.807, 2.05) is 7.05 Å². The highest BCUT2D eigenvalue weighted by Crippen LogP contribution is 1.79. The van der Waals surface area contributed by atoms with E-state index in [2.05, 4.69) is 6.92 Å². The summed E-state index contributed by atoms with van der Waals surface area (Å²) in [6.45, 7) is 4.63. The Hall–Kier alpha value is -0.0800. The predicted molar refractivity (Wildman–Crippen MR) is 29.7 cm³/mol. The zero-order valence-corrected chi connectivity index (χ0v) is 4.72. The van der Waals surface area contributed by atoms with Crippen molar-refractivity contribution in [2.24, 2.45) is 0 Å². The van der Waals surface area contributed by atoms with Crippen LogP contribution in [0.4, 0.5) is 0 Å². The second-order valence-electron chi connectivity index (χ2n) is 1.57. The Balaban J connectivity index is 2.83. The molecule has 0 aliphatic rings. The first-order valence-corrected chi connectivity index (χ1v) is 2.40. The second-order valence-corrected chi connectivity index (χ2v) is 1.57. The largest absolute Gasteiger partial charge is 0.381 e. The minimum absolute atomic E-state index is 0.134. The molecule has 0 fully saturated rings. The van der Waals surface area contributed by atoms with E-state index >= 15 is 0 Å². The lowest BCUT2D eigenvalue weighted by Crippen LogP contribution is -2.19. The van der Waals surface area contributed by atoms with Crippen molar-refractivity contribution in [1.29, 1.82) is 0 Å². The van der Waals surface area contributed by atoms with Gasteiger partial charge in [0, 0.05) is 0 Å². The zero-order chi connectivity index (χ0) is 5.70. The number of nitrogens with zero attached hydrogens (tertiary/aromatic N) is 1. The SMILES string of the molecule is [CH2]CCN(C)CO. The van der Waals surface area contributed by atoms with Gasteiger partial charge in [-0.2, -0.15) is 0 Å². The molecule has 0 aromatic carbocycles. The fraction of sp³-hybridized carbons (Fsp3) is 0.800. The van der Waals surface area contributed by atoms with E-state index in [1.54, 1.807) is 4.90 Å². The lowest BCUT2D eigenvalue weighted by atomic mass is 10.5. The summed E-state index contributed by atoms with van der Waals surface area (Å²) in [7, 11) is 1.85. The van der Waals surface area contributed by atoms with Gasteiger partial charge in [-0.3, -0.25) is 4.90 Å². The monoisotopic (exact) mass is 102 g/mol. The average Bonchev–Trinajstić information content (AvgIpc) is 1.68. The van der Waals surface area contributed by atoms with Crippen LogP contribution in [0.3, 0.4) is 0 Å². The summed E-state index contributed by atoms with van der Waals surface area (Å²) >= 11 is 0. The van der Waals surface area contributed by atoms with E-state index in [4.69, 9.17) is 5.11 Å². The van der Waals surface area contributed by atoms with Gasteiger partial charge in [-0.05, 0) is 20.0 Å². The molecule has 0 heterocycles. The molecule has 0 saturated heterocycles. The van der Waals surface area contributed by atoms with Gasteiger partial charge in [-0.1, -0.05) is 6.92 Å². The molecule has 1 radical (unpaired) electrons. The number of rotatable bonds is 3. The Labute approximate surface area is 44.8 Å². The Morgan fingerprint density at radius 1 is 1.71 bits per heavy atom. The van der Waals surface area contributed by atoms with Crippen molar-refractivity contribution >= 4 is 0 Å². The van der Waals surface area contributed by atoms with Crippen LogP contribution in [0, 0.1) is 6.92 Å². The molecular weight excluding hydrogens is 90.1 g/mol. The van der Waals surface area contributed by atoms with Crippen LogP contribution in [0.2, 0.25) is 0 Å². The van der Waals surface area contributed by atoms with Gasteiger partial charge >= 0.3 is 0 Å².